The molecular weight excluding hydrogens is 472 g/mol. The Labute approximate surface area is 206 Å². The van der Waals surface area contributed by atoms with Crippen molar-refractivity contribution in [1.82, 2.24) is 16.1 Å². The van der Waals surface area contributed by atoms with Crippen molar-refractivity contribution in [3.8, 4) is 23.0 Å². The van der Waals surface area contributed by atoms with Crippen molar-refractivity contribution in [2.45, 2.75) is 13.0 Å². The van der Waals surface area contributed by atoms with Crippen molar-refractivity contribution >= 4 is 24.1 Å². The molecule has 0 bridgehead atoms. The highest BCUT2D eigenvalue weighted by molar-refractivity contribution is 5.95. The third kappa shape index (κ3) is 5.84. The van der Waals surface area contributed by atoms with Gasteiger partial charge in [0.25, 0.3) is 5.91 Å². The number of hydrogen-bond acceptors (Lipinski definition) is 9. The average Bonchev–Trinajstić information content (AvgIpc) is 2.87. The van der Waals surface area contributed by atoms with E-state index in [1.807, 2.05) is 0 Å². The molecule has 1 aliphatic rings. The molecule has 0 spiro atoms. The van der Waals surface area contributed by atoms with Crippen molar-refractivity contribution < 1.29 is 38.4 Å². The summed E-state index contributed by atoms with van der Waals surface area (Å²) in [6.07, 6.45) is 1.27. The Hall–Kier alpha value is -4.74. The molecule has 0 aliphatic carbocycles. The molecule has 0 radical (unpaired) electrons. The van der Waals surface area contributed by atoms with E-state index in [1.54, 1.807) is 43.3 Å². The van der Waals surface area contributed by atoms with Gasteiger partial charge in [-0.05, 0) is 36.8 Å². The van der Waals surface area contributed by atoms with Crippen LogP contribution in [0.4, 0.5) is 4.79 Å². The molecule has 0 aromatic heterocycles. The largest absolute Gasteiger partial charge is 0.504 e. The molecular formula is C24H26N4O8. The standard InChI is InChI=1S/C24H26N4O8/c1-13-20(23(31)35-4)21(27-24(32)26-13)14-8-9-16(18(10-14)34-3)36-12-19(29)28-25-11-15-6-5-7-17(33-2)22(15)30/h5-11,21,30H,12H2,1-4H3,(H,28,29)(H2,26,27,32)/b25-11-/t21-/m0/s1. The number of amides is 3. The summed E-state index contributed by atoms with van der Waals surface area (Å²) in [5.74, 6) is -0.450. The van der Waals surface area contributed by atoms with Crippen molar-refractivity contribution in [2.75, 3.05) is 27.9 Å². The van der Waals surface area contributed by atoms with Crippen LogP contribution in [0.2, 0.25) is 0 Å². The lowest BCUT2D eigenvalue weighted by Crippen LogP contribution is -2.45. The van der Waals surface area contributed by atoms with Crippen molar-refractivity contribution in [2.24, 2.45) is 5.10 Å². The van der Waals surface area contributed by atoms with E-state index in [1.165, 1.54) is 27.5 Å². The van der Waals surface area contributed by atoms with Gasteiger partial charge in [-0.1, -0.05) is 12.1 Å². The fourth-order valence-corrected chi connectivity index (χ4v) is 3.46. The molecule has 12 heteroatoms. The Balaban J connectivity index is 1.68. The zero-order valence-corrected chi connectivity index (χ0v) is 20.1. The predicted molar refractivity (Wildman–Crippen MR) is 128 cm³/mol. The number of methoxy groups -OCH3 is 3. The second-order valence-corrected chi connectivity index (χ2v) is 7.45. The van der Waals surface area contributed by atoms with Crippen LogP contribution in [0.15, 0.2) is 52.8 Å². The summed E-state index contributed by atoms with van der Waals surface area (Å²) in [5.41, 5.74) is 3.81. The minimum atomic E-state index is -0.778. The molecule has 12 nitrogen and oxygen atoms in total. The minimum absolute atomic E-state index is 0.107. The molecule has 4 N–H and O–H groups in total. The third-order valence-electron chi connectivity index (χ3n) is 5.20. The summed E-state index contributed by atoms with van der Waals surface area (Å²) in [6.45, 7) is 1.22. The smallest absolute Gasteiger partial charge is 0.337 e. The van der Waals surface area contributed by atoms with Crippen LogP contribution in [0.25, 0.3) is 0 Å². The van der Waals surface area contributed by atoms with E-state index in [2.05, 4.69) is 21.2 Å². The number of rotatable bonds is 9. The lowest BCUT2D eigenvalue weighted by atomic mass is 9.95. The highest BCUT2D eigenvalue weighted by Gasteiger charge is 2.32. The fraction of sp³-hybridized carbons (Fsp3) is 0.250. The van der Waals surface area contributed by atoms with E-state index >= 15 is 0 Å². The summed E-state index contributed by atoms with van der Waals surface area (Å²) in [4.78, 5) is 36.5. The number of phenols is 1. The number of carbonyl (C=O) groups is 3. The lowest BCUT2D eigenvalue weighted by molar-refractivity contribution is -0.136. The molecule has 36 heavy (non-hydrogen) atoms. The topological polar surface area (TPSA) is 157 Å². The highest BCUT2D eigenvalue weighted by atomic mass is 16.5. The number of aromatic hydroxyl groups is 1. The van der Waals surface area contributed by atoms with Gasteiger partial charge in [-0.3, -0.25) is 4.79 Å². The SMILES string of the molecule is COC(=O)C1=C(C)NC(=O)N[C@H]1c1ccc(OCC(=O)N/N=C\c2cccc(OC)c2O)c(OC)c1. The number of carbonyl (C=O) groups excluding carboxylic acids is 3. The van der Waals surface area contributed by atoms with Gasteiger partial charge in [-0.2, -0.15) is 5.10 Å². The minimum Gasteiger partial charge on any atom is -0.504 e. The molecule has 2 aromatic rings. The van der Waals surface area contributed by atoms with E-state index < -0.39 is 23.9 Å². The summed E-state index contributed by atoms with van der Waals surface area (Å²) in [7, 11) is 4.09. The summed E-state index contributed by atoms with van der Waals surface area (Å²) < 4.78 is 20.8. The van der Waals surface area contributed by atoms with Crippen LogP contribution in [0, 0.1) is 0 Å². The molecule has 1 heterocycles. The first-order valence-electron chi connectivity index (χ1n) is 10.6. The Morgan fingerprint density at radius 2 is 1.86 bits per heavy atom. The molecule has 2 aromatic carbocycles. The number of hydrazone groups is 1. The number of nitrogens with zero attached hydrogens (tertiary/aromatic N) is 1. The maximum absolute atomic E-state index is 12.3. The number of esters is 1. The van der Waals surface area contributed by atoms with Gasteiger partial charge in [0.15, 0.2) is 29.6 Å². The number of nitrogens with one attached hydrogen (secondary N) is 3. The van der Waals surface area contributed by atoms with Crippen LogP contribution in [0.5, 0.6) is 23.0 Å². The van der Waals surface area contributed by atoms with Gasteiger partial charge in [0, 0.05) is 11.3 Å². The van der Waals surface area contributed by atoms with Gasteiger partial charge in [-0.25, -0.2) is 15.0 Å². The lowest BCUT2D eigenvalue weighted by Gasteiger charge is -2.28. The van der Waals surface area contributed by atoms with Gasteiger partial charge >= 0.3 is 12.0 Å². The second-order valence-electron chi connectivity index (χ2n) is 7.45. The van der Waals surface area contributed by atoms with Crippen molar-refractivity contribution in [3.63, 3.8) is 0 Å². The monoisotopic (exact) mass is 498 g/mol. The number of ether oxygens (including phenoxy) is 4. The van der Waals surface area contributed by atoms with E-state index in [9.17, 15) is 19.5 Å². The number of allylic oxidation sites excluding steroid dienone is 1. The van der Waals surface area contributed by atoms with Crippen LogP contribution in [-0.4, -0.2) is 57.2 Å². The number of para-hydroxylation sites is 1. The van der Waals surface area contributed by atoms with Gasteiger partial charge in [0.2, 0.25) is 0 Å². The van der Waals surface area contributed by atoms with Crippen LogP contribution < -0.4 is 30.3 Å². The molecule has 3 amide bonds. The van der Waals surface area contributed by atoms with Crippen LogP contribution in [-0.2, 0) is 14.3 Å². The number of hydrogen-bond donors (Lipinski definition) is 4. The zero-order chi connectivity index (χ0) is 26.2. The fourth-order valence-electron chi connectivity index (χ4n) is 3.46. The summed E-state index contributed by atoms with van der Waals surface area (Å²) in [5, 5.41) is 19.1. The van der Waals surface area contributed by atoms with Gasteiger partial charge in [-0.15, -0.1) is 0 Å². The van der Waals surface area contributed by atoms with E-state index in [-0.39, 0.29) is 35.2 Å². The quantitative estimate of drug-likeness (QED) is 0.231. The maximum atomic E-state index is 12.3. The second kappa shape index (κ2) is 11.6. The van der Waals surface area contributed by atoms with Crippen LogP contribution in [0.3, 0.4) is 0 Å². The molecule has 0 fully saturated rings. The van der Waals surface area contributed by atoms with Crippen molar-refractivity contribution in [3.05, 3.63) is 58.8 Å². The van der Waals surface area contributed by atoms with E-state index in [4.69, 9.17) is 18.9 Å². The average molecular weight is 498 g/mol. The summed E-state index contributed by atoms with van der Waals surface area (Å²) in [6, 6.07) is 8.38. The first-order chi connectivity index (χ1) is 17.3. The Morgan fingerprint density at radius 1 is 1.11 bits per heavy atom. The predicted octanol–water partition coefficient (Wildman–Crippen LogP) is 1.74. The molecule has 0 saturated heterocycles. The first kappa shape index (κ1) is 25.9. The summed E-state index contributed by atoms with van der Waals surface area (Å²) >= 11 is 0. The number of urea groups is 1. The Morgan fingerprint density at radius 3 is 2.56 bits per heavy atom. The van der Waals surface area contributed by atoms with Gasteiger partial charge in [0.05, 0.1) is 39.2 Å². The molecule has 1 aliphatic heterocycles. The molecule has 0 saturated carbocycles. The van der Waals surface area contributed by atoms with E-state index in [0.29, 0.717) is 16.8 Å². The zero-order valence-electron chi connectivity index (χ0n) is 20.1. The molecule has 3 rings (SSSR count). The van der Waals surface area contributed by atoms with E-state index in [0.717, 1.165) is 0 Å². The first-order valence-corrected chi connectivity index (χ1v) is 10.6. The Bertz CT molecular complexity index is 1220. The highest BCUT2D eigenvalue weighted by Crippen LogP contribution is 2.34. The maximum Gasteiger partial charge on any atom is 0.337 e. The molecule has 0 unspecified atom stereocenters. The van der Waals surface area contributed by atoms with Crippen molar-refractivity contribution in [1.29, 1.82) is 0 Å². The van der Waals surface area contributed by atoms with Gasteiger partial charge in [0.1, 0.15) is 0 Å². The van der Waals surface area contributed by atoms with Crippen LogP contribution >= 0.6 is 0 Å². The number of benzene rings is 2. The Kier molecular flexibility index (Phi) is 8.34. The van der Waals surface area contributed by atoms with Crippen LogP contribution in [0.1, 0.15) is 24.1 Å². The van der Waals surface area contributed by atoms with Gasteiger partial charge < -0.3 is 34.7 Å². The molecule has 190 valence electrons. The third-order valence-corrected chi connectivity index (χ3v) is 5.20. The normalized spacial score (nSPS) is 15.1. The molecule has 1 atom stereocenters. The number of phenolic OH excluding ortho intramolecular Hbond substituents is 1.